The summed E-state index contributed by atoms with van der Waals surface area (Å²) in [7, 11) is -3.83. The molecule has 3 nitrogen and oxygen atoms in total. The molecule has 0 radical (unpaired) electrons. The van der Waals surface area contributed by atoms with Gasteiger partial charge < -0.3 is 0 Å². The Morgan fingerprint density at radius 2 is 2.06 bits per heavy atom. The standard InChI is InChI=1S/C11H13ClFNO2S2/c12-9-3-1-4-10(13)11(9)18(15,16)14-5-2-7-17-8-6-14/h1,3-4H,2,5-8H2. The fraction of sp³-hybridized carbons (Fsp3) is 0.455. The number of halogens is 2. The molecule has 2 rings (SSSR count). The van der Waals surface area contributed by atoms with Gasteiger partial charge in [-0.2, -0.15) is 16.1 Å². The van der Waals surface area contributed by atoms with E-state index in [2.05, 4.69) is 0 Å². The second-order valence-corrected chi connectivity index (χ2v) is 7.43. The summed E-state index contributed by atoms with van der Waals surface area (Å²) in [6.07, 6.45) is 0.774. The van der Waals surface area contributed by atoms with Crippen LogP contribution in [-0.4, -0.2) is 37.3 Å². The van der Waals surface area contributed by atoms with Crippen molar-refractivity contribution >= 4 is 33.4 Å². The Bertz CT molecular complexity index is 508. The van der Waals surface area contributed by atoms with Crippen LogP contribution in [0.15, 0.2) is 23.1 Å². The van der Waals surface area contributed by atoms with Crippen LogP contribution in [-0.2, 0) is 10.0 Å². The predicted octanol–water partition coefficient (Wildman–Crippen LogP) is 2.61. The molecule has 1 heterocycles. The highest BCUT2D eigenvalue weighted by Gasteiger charge is 2.30. The van der Waals surface area contributed by atoms with Crippen molar-refractivity contribution in [3.8, 4) is 0 Å². The lowest BCUT2D eigenvalue weighted by Crippen LogP contribution is -2.33. The third kappa shape index (κ3) is 2.82. The Morgan fingerprint density at radius 1 is 1.28 bits per heavy atom. The van der Waals surface area contributed by atoms with Crippen molar-refractivity contribution in [1.82, 2.24) is 4.31 Å². The molecule has 1 aromatic rings. The van der Waals surface area contributed by atoms with Crippen molar-refractivity contribution in [1.29, 1.82) is 0 Å². The minimum atomic E-state index is -3.83. The molecule has 1 fully saturated rings. The molecule has 1 aliphatic rings. The second kappa shape index (κ2) is 5.77. The molecule has 18 heavy (non-hydrogen) atoms. The maximum Gasteiger partial charge on any atom is 0.247 e. The van der Waals surface area contributed by atoms with Crippen LogP contribution in [0.4, 0.5) is 4.39 Å². The van der Waals surface area contributed by atoms with Gasteiger partial charge >= 0.3 is 0 Å². The lowest BCUT2D eigenvalue weighted by Gasteiger charge is -2.20. The van der Waals surface area contributed by atoms with Crippen LogP contribution in [0.3, 0.4) is 0 Å². The molecular weight excluding hydrogens is 297 g/mol. The van der Waals surface area contributed by atoms with E-state index in [4.69, 9.17) is 11.6 Å². The molecule has 1 saturated heterocycles. The second-order valence-electron chi connectivity index (χ2n) is 3.92. The zero-order chi connectivity index (χ0) is 13.2. The highest BCUT2D eigenvalue weighted by molar-refractivity contribution is 7.99. The van der Waals surface area contributed by atoms with Crippen molar-refractivity contribution in [3.05, 3.63) is 29.0 Å². The first kappa shape index (κ1) is 14.1. The average molecular weight is 310 g/mol. The first-order valence-corrected chi connectivity index (χ1v) is 8.52. The van der Waals surface area contributed by atoms with Crippen LogP contribution in [0.1, 0.15) is 6.42 Å². The van der Waals surface area contributed by atoms with E-state index in [0.29, 0.717) is 13.1 Å². The molecule has 7 heteroatoms. The molecule has 0 atom stereocenters. The quantitative estimate of drug-likeness (QED) is 0.843. The monoisotopic (exact) mass is 309 g/mol. The van der Waals surface area contributed by atoms with Gasteiger partial charge in [0, 0.05) is 18.8 Å². The zero-order valence-corrected chi connectivity index (χ0v) is 12.0. The average Bonchev–Trinajstić information content (AvgIpc) is 2.57. The van der Waals surface area contributed by atoms with Gasteiger partial charge in [-0.3, -0.25) is 0 Å². The molecule has 0 saturated carbocycles. The van der Waals surface area contributed by atoms with Crippen LogP contribution in [0, 0.1) is 5.82 Å². The molecular formula is C11H13ClFNO2S2. The summed E-state index contributed by atoms with van der Waals surface area (Å²) in [6, 6.07) is 3.91. The van der Waals surface area contributed by atoms with Gasteiger partial charge in [0.1, 0.15) is 10.7 Å². The Labute approximate surface area is 115 Å². The van der Waals surface area contributed by atoms with E-state index in [9.17, 15) is 12.8 Å². The van der Waals surface area contributed by atoms with Crippen LogP contribution >= 0.6 is 23.4 Å². The summed E-state index contributed by atoms with van der Waals surface area (Å²) >= 11 is 7.53. The topological polar surface area (TPSA) is 37.4 Å². The molecule has 0 spiro atoms. The Kier molecular flexibility index (Phi) is 4.53. The molecule has 1 aliphatic heterocycles. The van der Waals surface area contributed by atoms with Gasteiger partial charge in [-0.1, -0.05) is 17.7 Å². The van der Waals surface area contributed by atoms with Crippen LogP contribution < -0.4 is 0 Å². The number of hydrogen-bond acceptors (Lipinski definition) is 3. The third-order valence-corrected chi connectivity index (χ3v) is 6.15. The zero-order valence-electron chi connectivity index (χ0n) is 9.60. The Balaban J connectivity index is 2.41. The Morgan fingerprint density at radius 3 is 2.78 bits per heavy atom. The van der Waals surface area contributed by atoms with E-state index in [1.165, 1.54) is 16.4 Å². The van der Waals surface area contributed by atoms with Gasteiger partial charge in [0.05, 0.1) is 5.02 Å². The fourth-order valence-corrected chi connectivity index (χ4v) is 4.87. The highest BCUT2D eigenvalue weighted by atomic mass is 35.5. The van der Waals surface area contributed by atoms with E-state index in [1.807, 2.05) is 0 Å². The number of nitrogens with zero attached hydrogens (tertiary/aromatic N) is 1. The summed E-state index contributed by atoms with van der Waals surface area (Å²) in [5, 5.41) is -0.0631. The molecule has 0 N–H and O–H groups in total. The first-order chi connectivity index (χ1) is 8.53. The van der Waals surface area contributed by atoms with Gasteiger partial charge in [-0.25, -0.2) is 12.8 Å². The van der Waals surface area contributed by atoms with Gasteiger partial charge in [-0.05, 0) is 24.3 Å². The summed E-state index contributed by atoms with van der Waals surface area (Å²) < 4.78 is 39.8. The minimum Gasteiger partial charge on any atom is -0.207 e. The summed E-state index contributed by atoms with van der Waals surface area (Å²) in [4.78, 5) is -0.404. The van der Waals surface area contributed by atoms with Crippen molar-refractivity contribution in [3.63, 3.8) is 0 Å². The van der Waals surface area contributed by atoms with Crippen LogP contribution in [0.25, 0.3) is 0 Å². The lowest BCUT2D eigenvalue weighted by atomic mass is 10.3. The summed E-state index contributed by atoms with van der Waals surface area (Å²) in [5.41, 5.74) is 0. The number of rotatable bonds is 2. The molecule has 1 aromatic carbocycles. The van der Waals surface area contributed by atoms with Gasteiger partial charge in [-0.15, -0.1) is 0 Å². The van der Waals surface area contributed by atoms with Crippen LogP contribution in [0.5, 0.6) is 0 Å². The van der Waals surface area contributed by atoms with E-state index >= 15 is 0 Å². The van der Waals surface area contributed by atoms with E-state index in [1.54, 1.807) is 11.8 Å². The summed E-state index contributed by atoms with van der Waals surface area (Å²) in [6.45, 7) is 0.817. The SMILES string of the molecule is O=S(=O)(c1c(F)cccc1Cl)N1CCCSCC1. The lowest BCUT2D eigenvalue weighted by molar-refractivity contribution is 0.430. The molecule has 0 unspecified atom stereocenters. The Hall–Kier alpha value is -0.300. The molecule has 0 bridgehead atoms. The highest BCUT2D eigenvalue weighted by Crippen LogP contribution is 2.28. The van der Waals surface area contributed by atoms with Crippen molar-refractivity contribution in [2.24, 2.45) is 0 Å². The largest absolute Gasteiger partial charge is 0.247 e. The molecule has 100 valence electrons. The number of hydrogen-bond donors (Lipinski definition) is 0. The van der Waals surface area contributed by atoms with Crippen molar-refractivity contribution in [2.45, 2.75) is 11.3 Å². The first-order valence-electron chi connectivity index (χ1n) is 5.55. The van der Waals surface area contributed by atoms with Gasteiger partial charge in [0.15, 0.2) is 0 Å². The maximum atomic E-state index is 13.7. The van der Waals surface area contributed by atoms with E-state index < -0.39 is 20.7 Å². The van der Waals surface area contributed by atoms with Crippen LogP contribution in [0.2, 0.25) is 5.02 Å². The fourth-order valence-electron chi connectivity index (χ4n) is 1.82. The smallest absolute Gasteiger partial charge is 0.207 e. The molecule has 0 aliphatic carbocycles. The third-order valence-electron chi connectivity index (χ3n) is 2.70. The number of benzene rings is 1. The number of thioether (sulfide) groups is 1. The van der Waals surface area contributed by atoms with E-state index in [0.717, 1.165) is 24.0 Å². The maximum absolute atomic E-state index is 13.7. The molecule has 0 amide bonds. The normalized spacial score (nSPS) is 18.6. The van der Waals surface area contributed by atoms with Gasteiger partial charge in [0.2, 0.25) is 10.0 Å². The summed E-state index contributed by atoms with van der Waals surface area (Å²) in [5.74, 6) is 0.863. The predicted molar refractivity (Wildman–Crippen MR) is 72.1 cm³/mol. The molecule has 0 aromatic heterocycles. The van der Waals surface area contributed by atoms with Crippen molar-refractivity contribution in [2.75, 3.05) is 24.6 Å². The minimum absolute atomic E-state index is 0.0631. The number of sulfonamides is 1. The van der Waals surface area contributed by atoms with Crippen molar-refractivity contribution < 1.29 is 12.8 Å². The van der Waals surface area contributed by atoms with Gasteiger partial charge in [0.25, 0.3) is 0 Å². The van der Waals surface area contributed by atoms with E-state index in [-0.39, 0.29) is 5.02 Å².